The highest BCUT2D eigenvalue weighted by Gasteiger charge is 2.14. The second-order valence-corrected chi connectivity index (χ2v) is 5.65. The first-order valence-electron chi connectivity index (χ1n) is 5.86. The monoisotopic (exact) mass is 358 g/mol. The number of carbonyl (C=O) groups is 1. The number of ketones is 1. The first kappa shape index (κ1) is 15.1. The Bertz CT molecular complexity index is 638. The van der Waals surface area contributed by atoms with Gasteiger partial charge in [0.1, 0.15) is 17.4 Å². The van der Waals surface area contributed by atoms with Gasteiger partial charge in [0.05, 0.1) is 0 Å². The lowest BCUT2D eigenvalue weighted by Gasteiger charge is -2.06. The largest absolute Gasteiger partial charge is 0.299 e. The fraction of sp³-hybridized carbons (Fsp3) is 0.133. The zero-order valence-corrected chi connectivity index (χ0v) is 12.6. The SMILES string of the molecule is O=C(Cc1ccc(Br)cc1Cl)Cc1c(F)cccc1F. The highest BCUT2D eigenvalue weighted by Crippen LogP contribution is 2.22. The van der Waals surface area contributed by atoms with Gasteiger partial charge >= 0.3 is 0 Å². The molecule has 0 N–H and O–H groups in total. The molecule has 2 aromatic carbocycles. The van der Waals surface area contributed by atoms with Gasteiger partial charge in [-0.1, -0.05) is 39.7 Å². The van der Waals surface area contributed by atoms with E-state index in [-0.39, 0.29) is 24.2 Å². The van der Waals surface area contributed by atoms with Crippen molar-refractivity contribution in [2.24, 2.45) is 0 Å². The zero-order valence-electron chi connectivity index (χ0n) is 10.3. The zero-order chi connectivity index (χ0) is 14.7. The molecule has 0 heterocycles. The first-order valence-corrected chi connectivity index (χ1v) is 7.03. The summed E-state index contributed by atoms with van der Waals surface area (Å²) in [7, 11) is 0. The minimum atomic E-state index is -0.708. The molecule has 0 bridgehead atoms. The lowest BCUT2D eigenvalue weighted by molar-refractivity contribution is -0.117. The van der Waals surface area contributed by atoms with Gasteiger partial charge in [0, 0.05) is 27.9 Å². The lowest BCUT2D eigenvalue weighted by Crippen LogP contribution is -2.10. The number of carbonyl (C=O) groups excluding carboxylic acids is 1. The molecular formula is C15H10BrClF2O. The minimum absolute atomic E-state index is 0.0416. The Labute approximate surface area is 128 Å². The predicted octanol–water partition coefficient (Wildman–Crippen LogP) is 4.74. The maximum Gasteiger partial charge on any atom is 0.141 e. The second kappa shape index (κ2) is 6.46. The molecule has 0 aromatic heterocycles. The average molecular weight is 360 g/mol. The van der Waals surface area contributed by atoms with Crippen LogP contribution in [0.15, 0.2) is 40.9 Å². The van der Waals surface area contributed by atoms with Gasteiger partial charge in [-0.05, 0) is 29.8 Å². The summed E-state index contributed by atoms with van der Waals surface area (Å²) in [6, 6.07) is 8.69. The number of hydrogen-bond acceptors (Lipinski definition) is 1. The smallest absolute Gasteiger partial charge is 0.141 e. The van der Waals surface area contributed by atoms with Crippen molar-refractivity contribution >= 4 is 33.3 Å². The molecule has 0 amide bonds. The summed E-state index contributed by atoms with van der Waals surface area (Å²) < 4.78 is 27.7. The van der Waals surface area contributed by atoms with Crippen molar-refractivity contribution in [3.8, 4) is 0 Å². The summed E-state index contributed by atoms with van der Waals surface area (Å²) >= 11 is 9.28. The molecule has 0 unspecified atom stereocenters. The summed E-state index contributed by atoms with van der Waals surface area (Å²) in [5.41, 5.74) is 0.433. The molecule has 2 rings (SSSR count). The molecular weight excluding hydrogens is 350 g/mol. The van der Waals surface area contributed by atoms with Crippen molar-refractivity contribution in [1.82, 2.24) is 0 Å². The molecule has 1 nitrogen and oxygen atoms in total. The van der Waals surface area contributed by atoms with Crippen LogP contribution in [0.5, 0.6) is 0 Å². The van der Waals surface area contributed by atoms with Crippen molar-refractivity contribution in [3.63, 3.8) is 0 Å². The topological polar surface area (TPSA) is 17.1 Å². The van der Waals surface area contributed by atoms with Gasteiger partial charge < -0.3 is 0 Å². The number of benzene rings is 2. The molecule has 0 saturated heterocycles. The third kappa shape index (κ3) is 3.64. The van der Waals surface area contributed by atoms with Crippen LogP contribution in [0.4, 0.5) is 8.78 Å². The molecule has 0 fully saturated rings. The molecule has 5 heteroatoms. The molecule has 0 aliphatic heterocycles. The third-order valence-electron chi connectivity index (χ3n) is 2.84. The van der Waals surface area contributed by atoms with Gasteiger partial charge in [0.2, 0.25) is 0 Å². The Balaban J connectivity index is 2.13. The van der Waals surface area contributed by atoms with E-state index >= 15 is 0 Å². The van der Waals surface area contributed by atoms with E-state index < -0.39 is 11.6 Å². The molecule has 0 aliphatic rings. The van der Waals surface area contributed by atoms with Crippen molar-refractivity contribution in [2.75, 3.05) is 0 Å². The van der Waals surface area contributed by atoms with Crippen LogP contribution < -0.4 is 0 Å². The Hall–Kier alpha value is -1.26. The number of hydrogen-bond donors (Lipinski definition) is 0. The second-order valence-electron chi connectivity index (χ2n) is 4.33. The van der Waals surface area contributed by atoms with Crippen LogP contribution in [0.2, 0.25) is 5.02 Å². The highest BCUT2D eigenvalue weighted by atomic mass is 79.9. The quantitative estimate of drug-likeness (QED) is 0.771. The predicted molar refractivity (Wildman–Crippen MR) is 77.9 cm³/mol. The first-order chi connectivity index (χ1) is 9.47. The van der Waals surface area contributed by atoms with Gasteiger partial charge in [-0.15, -0.1) is 0 Å². The molecule has 0 saturated carbocycles. The molecule has 0 atom stereocenters. The van der Waals surface area contributed by atoms with E-state index in [9.17, 15) is 13.6 Å². The Morgan fingerprint density at radius 2 is 1.75 bits per heavy atom. The van der Waals surface area contributed by atoms with E-state index in [1.807, 2.05) is 0 Å². The normalized spacial score (nSPS) is 10.6. The summed E-state index contributed by atoms with van der Waals surface area (Å²) in [6.07, 6.45) is -0.245. The summed E-state index contributed by atoms with van der Waals surface area (Å²) in [6.45, 7) is 0. The van der Waals surface area contributed by atoms with E-state index in [1.165, 1.54) is 6.07 Å². The number of Topliss-reactive ketones (excluding diaryl/α,β-unsaturated/α-hetero) is 1. The van der Waals surface area contributed by atoms with Crippen molar-refractivity contribution < 1.29 is 13.6 Å². The molecule has 0 radical (unpaired) electrons. The van der Waals surface area contributed by atoms with E-state index in [1.54, 1.807) is 18.2 Å². The van der Waals surface area contributed by atoms with Crippen LogP contribution in [0, 0.1) is 11.6 Å². The average Bonchev–Trinajstić information content (AvgIpc) is 2.37. The van der Waals surface area contributed by atoms with E-state index in [4.69, 9.17) is 11.6 Å². The van der Waals surface area contributed by atoms with E-state index in [0.29, 0.717) is 10.6 Å². The van der Waals surface area contributed by atoms with Crippen molar-refractivity contribution in [1.29, 1.82) is 0 Å². The number of rotatable bonds is 4. The van der Waals surface area contributed by atoms with Crippen LogP contribution in [0.3, 0.4) is 0 Å². The maximum absolute atomic E-state index is 13.5. The van der Waals surface area contributed by atoms with Crippen LogP contribution in [-0.4, -0.2) is 5.78 Å². The molecule has 104 valence electrons. The van der Waals surface area contributed by atoms with Gasteiger partial charge in [-0.2, -0.15) is 0 Å². The highest BCUT2D eigenvalue weighted by molar-refractivity contribution is 9.10. The van der Waals surface area contributed by atoms with Crippen molar-refractivity contribution in [2.45, 2.75) is 12.8 Å². The van der Waals surface area contributed by atoms with Gasteiger partial charge in [-0.3, -0.25) is 4.79 Å². The Morgan fingerprint density at radius 1 is 1.10 bits per heavy atom. The maximum atomic E-state index is 13.5. The van der Waals surface area contributed by atoms with Crippen molar-refractivity contribution in [3.05, 3.63) is 68.7 Å². The Kier molecular flexibility index (Phi) is 4.89. The third-order valence-corrected chi connectivity index (χ3v) is 3.68. The van der Waals surface area contributed by atoms with Gasteiger partial charge in [-0.25, -0.2) is 8.78 Å². The molecule has 0 spiro atoms. The lowest BCUT2D eigenvalue weighted by atomic mass is 10.0. The van der Waals surface area contributed by atoms with E-state index in [0.717, 1.165) is 16.6 Å². The standard InChI is InChI=1S/C15H10BrClF2O/c16-10-5-4-9(13(17)7-10)6-11(20)8-12-14(18)2-1-3-15(12)19/h1-5,7H,6,8H2. The van der Waals surface area contributed by atoms with Gasteiger partial charge in [0.25, 0.3) is 0 Å². The van der Waals surface area contributed by atoms with Gasteiger partial charge in [0.15, 0.2) is 0 Å². The summed E-state index contributed by atoms with van der Waals surface area (Å²) in [5, 5.41) is 0.446. The van der Waals surface area contributed by atoms with Crippen LogP contribution in [0.25, 0.3) is 0 Å². The van der Waals surface area contributed by atoms with Crippen LogP contribution in [-0.2, 0) is 17.6 Å². The molecule has 0 aliphatic carbocycles. The fourth-order valence-corrected chi connectivity index (χ4v) is 2.58. The summed E-state index contributed by atoms with van der Waals surface area (Å²) in [5.74, 6) is -1.71. The van der Waals surface area contributed by atoms with Crippen LogP contribution >= 0.6 is 27.5 Å². The molecule has 20 heavy (non-hydrogen) atoms. The minimum Gasteiger partial charge on any atom is -0.299 e. The van der Waals surface area contributed by atoms with E-state index in [2.05, 4.69) is 15.9 Å². The fourth-order valence-electron chi connectivity index (χ4n) is 1.84. The molecule has 2 aromatic rings. The number of halogens is 4. The Morgan fingerprint density at radius 3 is 2.35 bits per heavy atom. The van der Waals surface area contributed by atoms with Crippen LogP contribution in [0.1, 0.15) is 11.1 Å². The summed E-state index contributed by atoms with van der Waals surface area (Å²) in [4.78, 5) is 11.9.